The van der Waals surface area contributed by atoms with Gasteiger partial charge in [-0.3, -0.25) is 4.79 Å². The second kappa shape index (κ2) is 20.0. The van der Waals surface area contributed by atoms with Crippen molar-refractivity contribution in [3.8, 4) is 5.75 Å². The van der Waals surface area contributed by atoms with Gasteiger partial charge in [-0.1, -0.05) is 119 Å². The highest BCUT2D eigenvalue weighted by atomic mass is 79.9. The number of rotatable bonds is 19. The maximum absolute atomic E-state index is 12.9. The molecule has 1 atom stereocenters. The Hall–Kier alpha value is -2.11. The Morgan fingerprint density at radius 1 is 0.953 bits per heavy atom. The van der Waals surface area contributed by atoms with Crippen LogP contribution in [0.2, 0.25) is 5.02 Å². The van der Waals surface area contributed by atoms with Gasteiger partial charge < -0.3 is 26.6 Å². The number of unbranched alkanes of at least 4 members (excludes halogenated alkanes) is 11. The Morgan fingerprint density at radius 2 is 1.58 bits per heavy atom. The van der Waals surface area contributed by atoms with E-state index in [1.807, 2.05) is 29.2 Å². The summed E-state index contributed by atoms with van der Waals surface area (Å²) in [5, 5.41) is 0.615. The maximum Gasteiger partial charge on any atom is 0.224 e. The van der Waals surface area contributed by atoms with Crippen molar-refractivity contribution >= 4 is 29.4 Å². The van der Waals surface area contributed by atoms with Crippen LogP contribution in [0.15, 0.2) is 54.1 Å². The molecule has 2 aromatic carbocycles. The van der Waals surface area contributed by atoms with Crippen LogP contribution >= 0.6 is 11.6 Å². The molecule has 1 N–H and O–H groups in total. The monoisotopic (exact) mass is 672 g/mol. The lowest BCUT2D eigenvalue weighted by Gasteiger charge is -2.29. The molecule has 0 saturated heterocycles. The molecule has 0 saturated carbocycles. The molecular weight excluding hydrogens is 620 g/mol. The van der Waals surface area contributed by atoms with Crippen LogP contribution in [0.4, 0.5) is 5.69 Å². The number of ether oxygens (including phenoxy) is 1. The Bertz CT molecular complexity index is 1180. The lowest BCUT2D eigenvalue weighted by molar-refractivity contribution is -0.468. The van der Waals surface area contributed by atoms with Gasteiger partial charge in [0.15, 0.2) is 6.21 Å². The van der Waals surface area contributed by atoms with Gasteiger partial charge in [0.25, 0.3) is 0 Å². The van der Waals surface area contributed by atoms with Crippen molar-refractivity contribution in [1.29, 1.82) is 0 Å². The van der Waals surface area contributed by atoms with E-state index in [2.05, 4.69) is 56.3 Å². The summed E-state index contributed by atoms with van der Waals surface area (Å²) >= 11 is 6.50. The molecule has 2 aromatic rings. The Kier molecular flexibility index (Phi) is 17.3. The van der Waals surface area contributed by atoms with Gasteiger partial charge in [0.2, 0.25) is 5.91 Å². The van der Waals surface area contributed by atoms with E-state index >= 15 is 0 Å². The summed E-state index contributed by atoms with van der Waals surface area (Å²) in [6.07, 6.45) is 21.1. The lowest BCUT2D eigenvalue weighted by atomic mass is 9.80. The second-order valence-corrected chi connectivity index (χ2v) is 12.9. The van der Waals surface area contributed by atoms with E-state index < -0.39 is 0 Å². The number of allylic oxidation sites excluding steroid dienone is 1. The summed E-state index contributed by atoms with van der Waals surface area (Å²) < 4.78 is 6.11. The van der Waals surface area contributed by atoms with Gasteiger partial charge in [-0.25, -0.2) is 4.99 Å². The topological polar surface area (TPSA) is 43.5 Å². The number of hydrogen-bond acceptors (Lipinski definition) is 2. The molecule has 1 amide bonds. The van der Waals surface area contributed by atoms with Crippen LogP contribution in [0.25, 0.3) is 0 Å². The zero-order valence-electron chi connectivity index (χ0n) is 27.0. The van der Waals surface area contributed by atoms with E-state index in [1.165, 1.54) is 81.8 Å². The average Bonchev–Trinajstić information content (AvgIpc) is 2.95. The first-order valence-electron chi connectivity index (χ1n) is 16.3. The Morgan fingerprint density at radius 3 is 2.21 bits per heavy atom. The Labute approximate surface area is 277 Å². The first-order valence-corrected chi connectivity index (χ1v) is 16.7. The van der Waals surface area contributed by atoms with Gasteiger partial charge >= 0.3 is 0 Å². The standard InChI is InChI=1S/C37H53ClN2O2.BrH/c1-5-6-7-8-9-10-11-12-13-14-15-18-23-42-36-24-32(21-22-34(36)38)28-40(31(3)41)35-20-17-16-19-33(35)26-37(4)25-30(2)27-39-29-37;/h16-17,19-22,24-25,27H,5-15,18,23,26,28-29H2,1-4H3;1H. The minimum Gasteiger partial charge on any atom is -1.00 e. The largest absolute Gasteiger partial charge is 1.00 e. The van der Waals surface area contributed by atoms with E-state index in [9.17, 15) is 4.79 Å². The molecule has 1 aliphatic heterocycles. The molecule has 0 aliphatic carbocycles. The van der Waals surface area contributed by atoms with Crippen molar-refractivity contribution in [1.82, 2.24) is 0 Å². The number of amides is 1. The van der Waals surface area contributed by atoms with Gasteiger partial charge in [0.05, 0.1) is 18.2 Å². The van der Waals surface area contributed by atoms with Gasteiger partial charge in [-0.05, 0) is 56.0 Å². The normalized spacial score (nSPS) is 16.0. The molecule has 1 aliphatic rings. The van der Waals surface area contributed by atoms with Gasteiger partial charge in [0, 0.05) is 23.6 Å². The summed E-state index contributed by atoms with van der Waals surface area (Å²) in [7, 11) is 0. The quantitative estimate of drug-likeness (QED) is 0.196. The molecule has 238 valence electrons. The molecule has 6 heteroatoms. The van der Waals surface area contributed by atoms with Crippen LogP contribution in [-0.2, 0) is 17.8 Å². The predicted octanol–water partition coefficient (Wildman–Crippen LogP) is 5.64. The molecule has 43 heavy (non-hydrogen) atoms. The molecule has 1 heterocycles. The van der Waals surface area contributed by atoms with Crippen LogP contribution in [0.1, 0.15) is 116 Å². The summed E-state index contributed by atoms with van der Waals surface area (Å²) in [6.45, 7) is 10.3. The van der Waals surface area contributed by atoms with E-state index in [4.69, 9.17) is 16.3 Å². The van der Waals surface area contributed by atoms with E-state index in [0.717, 1.165) is 30.6 Å². The van der Waals surface area contributed by atoms with E-state index in [0.29, 0.717) is 23.9 Å². The van der Waals surface area contributed by atoms with Gasteiger partial charge in [-0.2, -0.15) is 0 Å². The number of carbonyl (C=O) groups excluding carboxylic acids is 1. The number of nitrogens with one attached hydrogen (secondary N) is 1. The molecule has 1 unspecified atom stereocenters. The van der Waals surface area contributed by atoms with E-state index in [1.54, 1.807) is 6.92 Å². The number of carbonyl (C=O) groups is 1. The number of anilines is 1. The van der Waals surface area contributed by atoms with Crippen molar-refractivity contribution in [2.75, 3.05) is 18.1 Å². The predicted molar refractivity (Wildman–Crippen MR) is 179 cm³/mol. The molecule has 0 radical (unpaired) electrons. The maximum atomic E-state index is 12.9. The first-order chi connectivity index (χ1) is 20.3. The molecule has 0 fully saturated rings. The zero-order chi connectivity index (χ0) is 30.2. The zero-order valence-corrected chi connectivity index (χ0v) is 29.4. The molecule has 3 rings (SSSR count). The van der Waals surface area contributed by atoms with Crippen LogP contribution in [-0.4, -0.2) is 25.3 Å². The van der Waals surface area contributed by atoms with Crippen LogP contribution in [0, 0.1) is 5.41 Å². The van der Waals surface area contributed by atoms with Crippen LogP contribution in [0.3, 0.4) is 0 Å². The van der Waals surface area contributed by atoms with Crippen molar-refractivity contribution < 1.29 is 31.5 Å². The fraction of sp³-hybridized carbons (Fsp3) is 0.568. The second-order valence-electron chi connectivity index (χ2n) is 12.5. The fourth-order valence-corrected chi connectivity index (χ4v) is 6.16. The minimum atomic E-state index is -0.0213. The van der Waals surface area contributed by atoms with Crippen molar-refractivity contribution in [3.63, 3.8) is 0 Å². The van der Waals surface area contributed by atoms with Crippen LogP contribution in [0.5, 0.6) is 5.75 Å². The van der Waals surface area contributed by atoms with Gasteiger partial charge in [0.1, 0.15) is 12.3 Å². The van der Waals surface area contributed by atoms with Crippen molar-refractivity contribution in [3.05, 3.63) is 70.3 Å². The Balaban J connectivity index is 0.00000645. The fourth-order valence-electron chi connectivity index (χ4n) is 5.99. The third-order valence-electron chi connectivity index (χ3n) is 8.26. The summed E-state index contributed by atoms with van der Waals surface area (Å²) in [5.41, 5.74) is 4.35. The van der Waals surface area contributed by atoms with Crippen molar-refractivity contribution in [2.24, 2.45) is 5.41 Å². The highest BCUT2D eigenvalue weighted by molar-refractivity contribution is 6.32. The summed E-state index contributed by atoms with van der Waals surface area (Å²) in [4.78, 5) is 18.2. The average molecular weight is 674 g/mol. The number of halogens is 2. The molecular formula is C37H54BrClN2O2. The summed E-state index contributed by atoms with van der Waals surface area (Å²) in [5.74, 6) is 0.718. The molecule has 0 spiro atoms. The summed E-state index contributed by atoms with van der Waals surface area (Å²) in [6, 6.07) is 14.1. The van der Waals surface area contributed by atoms with Crippen LogP contribution < -0.4 is 31.6 Å². The van der Waals surface area contributed by atoms with Crippen molar-refractivity contribution in [2.45, 2.75) is 118 Å². The highest BCUT2D eigenvalue weighted by Crippen LogP contribution is 2.32. The molecule has 4 nitrogen and oxygen atoms in total. The highest BCUT2D eigenvalue weighted by Gasteiger charge is 2.29. The molecule has 0 bridgehead atoms. The molecule has 0 aromatic heterocycles. The van der Waals surface area contributed by atoms with Gasteiger partial charge in [-0.15, -0.1) is 0 Å². The third-order valence-corrected chi connectivity index (χ3v) is 8.57. The SMILES string of the molecule is CCCCCCCCCCCCCCOc1cc(CN(C(C)=O)c2ccccc2CC2(C)C=C(C)C=[NH+]C2)ccc1Cl.[Br-]. The third kappa shape index (κ3) is 13.2. The number of nitrogens with zero attached hydrogens (tertiary/aromatic N) is 1. The smallest absolute Gasteiger partial charge is 0.224 e. The lowest BCUT2D eigenvalue weighted by Crippen LogP contribution is -3.00. The van der Waals surface area contributed by atoms with E-state index in [-0.39, 0.29) is 28.3 Å². The minimum absolute atomic E-state index is 0. The first kappa shape index (κ1) is 37.1. The number of hydrogen-bond donors (Lipinski definition) is 1. The number of benzene rings is 2. The number of para-hydroxylation sites is 1.